The summed E-state index contributed by atoms with van der Waals surface area (Å²) in [5.41, 5.74) is 2.62. The molecule has 1 aromatic carbocycles. The standard InChI is InChI=1S/C22H36N4O2/c1-18-13-19(15-20(14-18)27-3)16-24-21(23-2)25-17-22(7-5-4-6-8-22)26-9-11-28-12-10-26/h13-15H,4-12,16-17H2,1-3H3,(H2,23,24,25). The van der Waals surface area contributed by atoms with E-state index in [4.69, 9.17) is 9.47 Å². The third-order valence-corrected chi connectivity index (χ3v) is 6.08. The lowest BCUT2D eigenvalue weighted by Gasteiger charge is -2.48. The van der Waals surface area contributed by atoms with Crippen LogP contribution in [0.2, 0.25) is 0 Å². The number of morpholine rings is 1. The third-order valence-electron chi connectivity index (χ3n) is 6.08. The molecule has 1 aliphatic heterocycles. The van der Waals surface area contributed by atoms with E-state index in [0.29, 0.717) is 0 Å². The molecule has 3 rings (SSSR count). The monoisotopic (exact) mass is 388 g/mol. The summed E-state index contributed by atoms with van der Waals surface area (Å²) in [6.07, 6.45) is 6.49. The molecule has 0 radical (unpaired) electrons. The van der Waals surface area contributed by atoms with Crippen LogP contribution in [0.3, 0.4) is 0 Å². The van der Waals surface area contributed by atoms with Crippen molar-refractivity contribution in [3.05, 3.63) is 29.3 Å². The first-order chi connectivity index (χ1) is 13.6. The lowest BCUT2D eigenvalue weighted by Crippen LogP contribution is -2.60. The number of guanidine groups is 1. The van der Waals surface area contributed by atoms with Crippen LogP contribution in [0.15, 0.2) is 23.2 Å². The van der Waals surface area contributed by atoms with E-state index in [1.54, 1.807) is 7.11 Å². The smallest absolute Gasteiger partial charge is 0.191 e. The van der Waals surface area contributed by atoms with Crippen LogP contribution in [-0.4, -0.2) is 63.4 Å². The zero-order chi connectivity index (χ0) is 19.8. The van der Waals surface area contributed by atoms with Gasteiger partial charge in [-0.15, -0.1) is 0 Å². The van der Waals surface area contributed by atoms with Crippen molar-refractivity contribution in [3.63, 3.8) is 0 Å². The van der Waals surface area contributed by atoms with Gasteiger partial charge in [-0.1, -0.05) is 25.3 Å². The van der Waals surface area contributed by atoms with Gasteiger partial charge < -0.3 is 20.1 Å². The molecule has 0 aromatic heterocycles. The molecule has 2 fully saturated rings. The maximum atomic E-state index is 5.59. The number of nitrogens with one attached hydrogen (secondary N) is 2. The molecule has 28 heavy (non-hydrogen) atoms. The van der Waals surface area contributed by atoms with Crippen molar-refractivity contribution < 1.29 is 9.47 Å². The highest BCUT2D eigenvalue weighted by atomic mass is 16.5. The van der Waals surface area contributed by atoms with Gasteiger partial charge in [0.05, 0.1) is 20.3 Å². The van der Waals surface area contributed by atoms with Crippen LogP contribution < -0.4 is 15.4 Å². The van der Waals surface area contributed by atoms with Crippen molar-refractivity contribution in [3.8, 4) is 5.75 Å². The van der Waals surface area contributed by atoms with Gasteiger partial charge in [0, 0.05) is 38.8 Å². The van der Waals surface area contributed by atoms with Crippen LogP contribution in [0.25, 0.3) is 0 Å². The minimum Gasteiger partial charge on any atom is -0.497 e. The molecule has 2 aliphatic rings. The Morgan fingerprint density at radius 1 is 1.14 bits per heavy atom. The summed E-state index contributed by atoms with van der Waals surface area (Å²) < 4.78 is 11.0. The second-order valence-electron chi connectivity index (χ2n) is 8.02. The number of aliphatic imine (C=N–C) groups is 1. The number of aryl methyl sites for hydroxylation is 1. The van der Waals surface area contributed by atoms with E-state index in [1.807, 2.05) is 13.1 Å². The van der Waals surface area contributed by atoms with Gasteiger partial charge in [0.25, 0.3) is 0 Å². The van der Waals surface area contributed by atoms with Gasteiger partial charge in [-0.25, -0.2) is 0 Å². The van der Waals surface area contributed by atoms with E-state index in [-0.39, 0.29) is 5.54 Å². The molecule has 0 atom stereocenters. The highest BCUT2D eigenvalue weighted by Gasteiger charge is 2.38. The second-order valence-corrected chi connectivity index (χ2v) is 8.02. The first-order valence-electron chi connectivity index (χ1n) is 10.6. The molecule has 1 saturated carbocycles. The van der Waals surface area contributed by atoms with Gasteiger partial charge in [0.15, 0.2) is 5.96 Å². The van der Waals surface area contributed by atoms with Crippen LogP contribution in [0.4, 0.5) is 0 Å². The summed E-state index contributed by atoms with van der Waals surface area (Å²) in [5, 5.41) is 7.08. The first kappa shape index (κ1) is 20.9. The van der Waals surface area contributed by atoms with E-state index in [2.05, 4.69) is 39.6 Å². The van der Waals surface area contributed by atoms with Crippen molar-refractivity contribution in [2.24, 2.45) is 4.99 Å². The Bertz CT molecular complexity index is 650. The zero-order valence-corrected chi connectivity index (χ0v) is 17.7. The van der Waals surface area contributed by atoms with Crippen LogP contribution in [0.1, 0.15) is 43.2 Å². The highest BCUT2D eigenvalue weighted by Crippen LogP contribution is 2.33. The van der Waals surface area contributed by atoms with Gasteiger partial charge in [-0.05, 0) is 43.0 Å². The number of ether oxygens (including phenoxy) is 2. The van der Waals surface area contributed by atoms with Gasteiger partial charge in [0.2, 0.25) is 0 Å². The number of benzene rings is 1. The van der Waals surface area contributed by atoms with E-state index < -0.39 is 0 Å². The van der Waals surface area contributed by atoms with Gasteiger partial charge in [-0.3, -0.25) is 9.89 Å². The molecule has 156 valence electrons. The van der Waals surface area contributed by atoms with Crippen molar-refractivity contribution in [1.82, 2.24) is 15.5 Å². The number of hydrogen-bond acceptors (Lipinski definition) is 4. The predicted octanol–water partition coefficient (Wildman–Crippen LogP) is 2.70. The van der Waals surface area contributed by atoms with Crippen LogP contribution in [0, 0.1) is 6.92 Å². The topological polar surface area (TPSA) is 58.1 Å². The maximum Gasteiger partial charge on any atom is 0.191 e. The molecule has 2 N–H and O–H groups in total. The minimum absolute atomic E-state index is 0.228. The largest absolute Gasteiger partial charge is 0.497 e. The number of hydrogen-bond donors (Lipinski definition) is 2. The number of nitrogens with zero attached hydrogens (tertiary/aromatic N) is 2. The Hall–Kier alpha value is -1.79. The average Bonchev–Trinajstić information content (AvgIpc) is 2.74. The first-order valence-corrected chi connectivity index (χ1v) is 10.6. The van der Waals surface area contributed by atoms with Gasteiger partial charge in [-0.2, -0.15) is 0 Å². The molecule has 0 amide bonds. The molecule has 1 aromatic rings. The zero-order valence-electron chi connectivity index (χ0n) is 17.7. The SMILES string of the molecule is CN=C(NCc1cc(C)cc(OC)c1)NCC1(N2CCOCC2)CCCCC1. The summed E-state index contributed by atoms with van der Waals surface area (Å²) in [4.78, 5) is 7.10. The van der Waals surface area contributed by atoms with Crippen molar-refractivity contribution in [1.29, 1.82) is 0 Å². The molecular weight excluding hydrogens is 352 g/mol. The van der Waals surface area contributed by atoms with E-state index in [0.717, 1.165) is 51.1 Å². The van der Waals surface area contributed by atoms with Crippen molar-refractivity contribution >= 4 is 5.96 Å². The van der Waals surface area contributed by atoms with E-state index in [1.165, 1.54) is 43.2 Å². The Balaban J connectivity index is 1.59. The average molecular weight is 389 g/mol. The summed E-state index contributed by atoms with van der Waals surface area (Å²) in [6, 6.07) is 6.30. The molecule has 1 saturated heterocycles. The molecule has 1 aliphatic carbocycles. The van der Waals surface area contributed by atoms with E-state index >= 15 is 0 Å². The summed E-state index contributed by atoms with van der Waals surface area (Å²) in [5.74, 6) is 1.76. The van der Waals surface area contributed by atoms with Crippen molar-refractivity contribution in [2.45, 2.75) is 51.1 Å². The van der Waals surface area contributed by atoms with Gasteiger partial charge >= 0.3 is 0 Å². The Kier molecular flexibility index (Phi) is 7.57. The highest BCUT2D eigenvalue weighted by molar-refractivity contribution is 5.79. The molecular formula is C22H36N4O2. The Morgan fingerprint density at radius 2 is 1.89 bits per heavy atom. The summed E-state index contributed by atoms with van der Waals surface area (Å²) in [7, 11) is 3.55. The minimum atomic E-state index is 0.228. The fraction of sp³-hybridized carbons (Fsp3) is 0.682. The van der Waals surface area contributed by atoms with Crippen LogP contribution >= 0.6 is 0 Å². The quantitative estimate of drug-likeness (QED) is 0.580. The maximum absolute atomic E-state index is 5.59. The number of methoxy groups -OCH3 is 1. The second kappa shape index (κ2) is 10.1. The Morgan fingerprint density at radius 3 is 2.57 bits per heavy atom. The fourth-order valence-corrected chi connectivity index (χ4v) is 4.55. The Labute approximate surface area is 169 Å². The molecule has 0 unspecified atom stereocenters. The molecule has 6 nitrogen and oxygen atoms in total. The van der Waals surface area contributed by atoms with Crippen molar-refractivity contribution in [2.75, 3.05) is 47.0 Å². The van der Waals surface area contributed by atoms with E-state index in [9.17, 15) is 0 Å². The molecule has 6 heteroatoms. The molecule has 0 spiro atoms. The summed E-state index contributed by atoms with van der Waals surface area (Å²) >= 11 is 0. The number of rotatable bonds is 6. The van der Waals surface area contributed by atoms with Crippen LogP contribution in [-0.2, 0) is 11.3 Å². The normalized spacial score (nSPS) is 20.6. The molecule has 0 bridgehead atoms. The lowest BCUT2D eigenvalue weighted by atomic mass is 9.80. The lowest BCUT2D eigenvalue weighted by molar-refractivity contribution is -0.0352. The van der Waals surface area contributed by atoms with Gasteiger partial charge in [0.1, 0.15) is 5.75 Å². The van der Waals surface area contributed by atoms with Crippen LogP contribution in [0.5, 0.6) is 5.75 Å². The third kappa shape index (κ3) is 5.39. The molecule has 1 heterocycles. The fourth-order valence-electron chi connectivity index (χ4n) is 4.55. The summed E-state index contributed by atoms with van der Waals surface area (Å²) in [6.45, 7) is 7.53. The predicted molar refractivity (Wildman–Crippen MR) is 114 cm³/mol.